The van der Waals surface area contributed by atoms with Crippen LogP contribution in [0.4, 0.5) is 16.2 Å². The summed E-state index contributed by atoms with van der Waals surface area (Å²) in [5.41, 5.74) is 0.987. The number of amides is 1. The summed E-state index contributed by atoms with van der Waals surface area (Å²) in [7, 11) is 0. The minimum Gasteiger partial charge on any atom is -0.368 e. The van der Waals surface area contributed by atoms with Gasteiger partial charge in [-0.3, -0.25) is 9.89 Å². The Labute approximate surface area is 115 Å². The lowest BCUT2D eigenvalue weighted by Crippen LogP contribution is -2.30. The molecule has 2 rings (SSSR count). The molecule has 0 aliphatic carbocycles. The minimum absolute atomic E-state index is 0.217. The van der Waals surface area contributed by atoms with Crippen molar-refractivity contribution >= 4 is 17.4 Å². The quantitative estimate of drug-likeness (QED) is 0.741. The third-order valence-electron chi connectivity index (χ3n) is 2.67. The Kier molecular flexibility index (Phi) is 3.91. The Morgan fingerprint density at radius 1 is 1.40 bits per heavy atom. The number of para-hydroxylation sites is 1. The van der Waals surface area contributed by atoms with Gasteiger partial charge in [-0.05, 0) is 19.1 Å². The zero-order chi connectivity index (χ0) is 14.5. The maximum absolute atomic E-state index is 12.1. The first-order chi connectivity index (χ1) is 9.63. The number of carbonyl (C=O) groups excluding carboxylic acids is 1. The van der Waals surface area contributed by atoms with Gasteiger partial charge >= 0.3 is 6.03 Å². The molecule has 1 heterocycles. The molecule has 0 unspecified atom stereocenters. The van der Waals surface area contributed by atoms with Crippen molar-refractivity contribution in [3.8, 4) is 12.3 Å². The zero-order valence-electron chi connectivity index (χ0n) is 10.9. The number of nitrogens with one attached hydrogen (secondary N) is 3. The van der Waals surface area contributed by atoms with Crippen LogP contribution in [0, 0.1) is 19.3 Å². The number of H-pyrrole nitrogens is 1. The summed E-state index contributed by atoms with van der Waals surface area (Å²) in [6, 6.07) is 8.32. The van der Waals surface area contributed by atoms with Crippen LogP contribution in [-0.4, -0.2) is 22.4 Å². The third kappa shape index (κ3) is 2.72. The molecule has 1 aromatic heterocycles. The van der Waals surface area contributed by atoms with E-state index in [1.54, 1.807) is 31.2 Å². The van der Waals surface area contributed by atoms with Gasteiger partial charge in [0.15, 0.2) is 0 Å². The van der Waals surface area contributed by atoms with E-state index in [-0.39, 0.29) is 6.54 Å². The van der Waals surface area contributed by atoms with Gasteiger partial charge in [0.05, 0.1) is 12.2 Å². The molecule has 0 saturated carbocycles. The largest absolute Gasteiger partial charge is 0.368 e. The fourth-order valence-electron chi connectivity index (χ4n) is 1.74. The summed E-state index contributed by atoms with van der Waals surface area (Å²) >= 11 is 0. The highest BCUT2D eigenvalue weighted by Crippen LogP contribution is 2.08. The highest BCUT2D eigenvalue weighted by atomic mass is 16.2. The van der Waals surface area contributed by atoms with E-state index in [0.29, 0.717) is 17.1 Å². The Hall–Kier alpha value is -2.94. The van der Waals surface area contributed by atoms with Crippen molar-refractivity contribution in [3.05, 3.63) is 46.4 Å². The number of rotatable bonds is 3. The first kappa shape index (κ1) is 13.5. The van der Waals surface area contributed by atoms with Crippen LogP contribution < -0.4 is 16.2 Å². The van der Waals surface area contributed by atoms with Crippen molar-refractivity contribution in [1.29, 1.82) is 0 Å². The first-order valence-electron chi connectivity index (χ1n) is 5.99. The van der Waals surface area contributed by atoms with Crippen LogP contribution in [0.25, 0.3) is 0 Å². The molecule has 3 N–H and O–H groups in total. The normalized spacial score (nSPS) is 9.80. The van der Waals surface area contributed by atoms with Crippen LogP contribution >= 0.6 is 0 Å². The van der Waals surface area contributed by atoms with Gasteiger partial charge in [-0.15, -0.1) is 6.42 Å². The van der Waals surface area contributed by atoms with Gasteiger partial charge in [0.2, 0.25) is 0 Å². The molecule has 20 heavy (non-hydrogen) atoms. The summed E-state index contributed by atoms with van der Waals surface area (Å²) < 4.78 is 0.904. The summed E-state index contributed by atoms with van der Waals surface area (Å²) in [6.45, 7) is 1.90. The van der Waals surface area contributed by atoms with Gasteiger partial charge in [0.1, 0.15) is 5.69 Å². The second-order valence-electron chi connectivity index (χ2n) is 4.11. The maximum Gasteiger partial charge on any atom is 0.348 e. The highest BCUT2D eigenvalue weighted by molar-refractivity contribution is 5.90. The summed E-state index contributed by atoms with van der Waals surface area (Å²) in [6.07, 6.45) is 5.13. The average Bonchev–Trinajstić information content (AvgIpc) is 2.73. The fourth-order valence-corrected chi connectivity index (χ4v) is 1.74. The van der Waals surface area contributed by atoms with E-state index in [9.17, 15) is 9.59 Å². The third-order valence-corrected chi connectivity index (χ3v) is 2.67. The molecule has 0 bridgehead atoms. The molecule has 6 nitrogen and oxygen atoms in total. The molecule has 0 aliphatic heterocycles. The molecular weight excluding hydrogens is 256 g/mol. The molecule has 1 amide bonds. The van der Waals surface area contributed by atoms with Crippen molar-refractivity contribution in [3.63, 3.8) is 0 Å². The van der Waals surface area contributed by atoms with Gasteiger partial charge in [-0.1, -0.05) is 24.1 Å². The predicted molar refractivity (Wildman–Crippen MR) is 78.0 cm³/mol. The lowest BCUT2D eigenvalue weighted by molar-refractivity contribution is 0.250. The Morgan fingerprint density at radius 3 is 2.75 bits per heavy atom. The number of anilines is 2. The lowest BCUT2D eigenvalue weighted by Gasteiger charge is -2.03. The SMILES string of the molecule is C#CCNc1c(C)[nH]n(C(=O)Nc2ccccc2)c1=O. The van der Waals surface area contributed by atoms with E-state index in [1.807, 2.05) is 6.07 Å². The summed E-state index contributed by atoms with van der Waals surface area (Å²) in [5, 5.41) is 8.11. The standard InChI is InChI=1S/C14H14N4O2/c1-3-9-15-12-10(2)17-18(13(12)19)14(20)16-11-7-5-4-6-8-11/h1,4-8,15,17H,9H2,2H3,(H,16,20). The molecule has 0 saturated heterocycles. The molecule has 0 fully saturated rings. The van der Waals surface area contributed by atoms with Crippen LogP contribution in [0.5, 0.6) is 0 Å². The number of aromatic nitrogens is 2. The second kappa shape index (κ2) is 5.80. The van der Waals surface area contributed by atoms with E-state index >= 15 is 0 Å². The van der Waals surface area contributed by atoms with E-state index in [2.05, 4.69) is 21.7 Å². The van der Waals surface area contributed by atoms with Gasteiger partial charge in [0, 0.05) is 5.69 Å². The number of aryl methyl sites for hydroxylation is 1. The van der Waals surface area contributed by atoms with E-state index in [4.69, 9.17) is 6.42 Å². The lowest BCUT2D eigenvalue weighted by atomic mass is 10.3. The monoisotopic (exact) mass is 270 g/mol. The Balaban J connectivity index is 2.23. The van der Waals surface area contributed by atoms with Crippen LogP contribution in [-0.2, 0) is 0 Å². The van der Waals surface area contributed by atoms with E-state index < -0.39 is 11.6 Å². The number of carbonyl (C=O) groups is 1. The van der Waals surface area contributed by atoms with Gasteiger partial charge in [-0.2, -0.15) is 4.68 Å². The average molecular weight is 270 g/mol. The summed E-state index contributed by atoms with van der Waals surface area (Å²) in [5.74, 6) is 2.38. The van der Waals surface area contributed by atoms with E-state index in [0.717, 1.165) is 4.68 Å². The number of aromatic amines is 1. The molecule has 0 aliphatic rings. The molecule has 6 heteroatoms. The molecule has 0 radical (unpaired) electrons. The zero-order valence-corrected chi connectivity index (χ0v) is 10.9. The summed E-state index contributed by atoms with van der Waals surface area (Å²) in [4.78, 5) is 24.1. The van der Waals surface area contributed by atoms with Crippen molar-refractivity contribution in [1.82, 2.24) is 9.78 Å². The number of nitrogens with zero attached hydrogens (tertiary/aromatic N) is 1. The van der Waals surface area contributed by atoms with Crippen molar-refractivity contribution in [2.45, 2.75) is 6.92 Å². The van der Waals surface area contributed by atoms with Gasteiger partial charge < -0.3 is 10.6 Å². The minimum atomic E-state index is -0.557. The number of benzene rings is 1. The maximum atomic E-state index is 12.1. The van der Waals surface area contributed by atoms with Crippen LogP contribution in [0.15, 0.2) is 35.1 Å². The van der Waals surface area contributed by atoms with E-state index in [1.165, 1.54) is 0 Å². The smallest absolute Gasteiger partial charge is 0.348 e. The van der Waals surface area contributed by atoms with Gasteiger partial charge in [-0.25, -0.2) is 4.79 Å². The molecule has 0 spiro atoms. The Morgan fingerprint density at radius 2 is 2.10 bits per heavy atom. The fraction of sp³-hybridized carbons (Fsp3) is 0.143. The number of hydrogen-bond acceptors (Lipinski definition) is 3. The second-order valence-corrected chi connectivity index (χ2v) is 4.11. The van der Waals surface area contributed by atoms with Crippen molar-refractivity contribution in [2.24, 2.45) is 0 Å². The number of terminal acetylenes is 1. The Bertz CT molecular complexity index is 707. The van der Waals surface area contributed by atoms with Gasteiger partial charge in [0.25, 0.3) is 5.56 Å². The van der Waals surface area contributed by atoms with Crippen LogP contribution in [0.3, 0.4) is 0 Å². The van der Waals surface area contributed by atoms with Crippen molar-refractivity contribution < 1.29 is 4.79 Å². The molecular formula is C14H14N4O2. The molecule has 0 atom stereocenters. The van der Waals surface area contributed by atoms with Crippen molar-refractivity contribution in [2.75, 3.05) is 17.2 Å². The topological polar surface area (TPSA) is 78.9 Å². The highest BCUT2D eigenvalue weighted by Gasteiger charge is 2.15. The van der Waals surface area contributed by atoms with Crippen LogP contribution in [0.2, 0.25) is 0 Å². The molecule has 1 aromatic carbocycles. The first-order valence-corrected chi connectivity index (χ1v) is 5.99. The van der Waals surface area contributed by atoms with Crippen LogP contribution in [0.1, 0.15) is 5.69 Å². The number of hydrogen-bond donors (Lipinski definition) is 3. The molecule has 102 valence electrons. The predicted octanol–water partition coefficient (Wildman–Crippen LogP) is 1.61. The molecule has 2 aromatic rings.